The Morgan fingerprint density at radius 3 is 2.92 bits per heavy atom. The van der Waals surface area contributed by atoms with Crippen molar-refractivity contribution in [3.05, 3.63) is 41.5 Å². The summed E-state index contributed by atoms with van der Waals surface area (Å²) in [6.45, 7) is 0. The fourth-order valence-corrected chi connectivity index (χ4v) is 1.44. The molecule has 0 spiro atoms. The van der Waals surface area contributed by atoms with Crippen LogP contribution in [0.15, 0.2) is 30.3 Å². The van der Waals surface area contributed by atoms with Crippen molar-refractivity contribution in [2.24, 2.45) is 0 Å². The van der Waals surface area contributed by atoms with Crippen LogP contribution in [0.1, 0.15) is 11.1 Å². The summed E-state index contributed by atoms with van der Waals surface area (Å²) in [4.78, 5) is 10.3. The highest BCUT2D eigenvalue weighted by Crippen LogP contribution is 2.27. The highest BCUT2D eigenvalue weighted by atomic mass is 16.7. The minimum absolute atomic E-state index is 0.447. The van der Waals surface area contributed by atoms with Gasteiger partial charge in [-0.2, -0.15) is 0 Å². The second-order valence-electron chi connectivity index (χ2n) is 2.80. The van der Waals surface area contributed by atoms with Gasteiger partial charge in [0.25, 0.3) is 0 Å². The van der Waals surface area contributed by atoms with Crippen molar-refractivity contribution < 1.29 is 14.6 Å². The van der Waals surface area contributed by atoms with E-state index in [1.807, 2.05) is 24.3 Å². The fraction of sp³-hybridized carbons (Fsp3) is 0.100. The molecule has 0 heterocycles. The first kappa shape index (κ1) is 7.86. The maximum Gasteiger partial charge on any atom is 0.511 e. The van der Waals surface area contributed by atoms with Gasteiger partial charge in [-0.15, -0.1) is 0 Å². The quantitative estimate of drug-likeness (QED) is 0.667. The Morgan fingerprint density at radius 2 is 2.15 bits per heavy atom. The van der Waals surface area contributed by atoms with Crippen LogP contribution >= 0.6 is 0 Å². The van der Waals surface area contributed by atoms with E-state index in [4.69, 9.17) is 5.11 Å². The lowest BCUT2D eigenvalue weighted by Crippen LogP contribution is -1.98. The molecule has 1 aliphatic rings. The number of allylic oxidation sites excluding steroid dienone is 1. The van der Waals surface area contributed by atoms with E-state index in [0.29, 0.717) is 5.76 Å². The van der Waals surface area contributed by atoms with Gasteiger partial charge in [-0.25, -0.2) is 4.79 Å². The van der Waals surface area contributed by atoms with Crippen LogP contribution in [0.5, 0.6) is 0 Å². The highest BCUT2D eigenvalue weighted by molar-refractivity contribution is 5.75. The van der Waals surface area contributed by atoms with Crippen LogP contribution in [0.4, 0.5) is 4.79 Å². The highest BCUT2D eigenvalue weighted by Gasteiger charge is 2.16. The number of fused-ring (bicyclic) bond motifs is 1. The number of ether oxygens (including phenoxy) is 1. The molecule has 13 heavy (non-hydrogen) atoms. The zero-order valence-corrected chi connectivity index (χ0v) is 6.86. The molecule has 1 aromatic carbocycles. The van der Waals surface area contributed by atoms with Crippen LogP contribution in [-0.2, 0) is 11.2 Å². The van der Waals surface area contributed by atoms with Gasteiger partial charge < -0.3 is 9.84 Å². The number of carboxylic acid groups (broad SMARTS) is 1. The number of benzene rings is 1. The molecule has 0 radical (unpaired) electrons. The molecule has 0 bridgehead atoms. The fourth-order valence-electron chi connectivity index (χ4n) is 1.44. The Kier molecular flexibility index (Phi) is 1.77. The third-order valence-corrected chi connectivity index (χ3v) is 1.99. The van der Waals surface area contributed by atoms with E-state index in [9.17, 15) is 4.79 Å². The van der Waals surface area contributed by atoms with E-state index >= 15 is 0 Å². The van der Waals surface area contributed by atoms with Gasteiger partial charge in [0.2, 0.25) is 0 Å². The zero-order valence-electron chi connectivity index (χ0n) is 6.86. The summed E-state index contributed by atoms with van der Waals surface area (Å²) < 4.78 is 4.62. The van der Waals surface area contributed by atoms with Crippen molar-refractivity contribution in [1.82, 2.24) is 0 Å². The maximum absolute atomic E-state index is 10.3. The first-order valence-corrected chi connectivity index (χ1v) is 3.96. The molecule has 0 fully saturated rings. The summed E-state index contributed by atoms with van der Waals surface area (Å²) in [6, 6.07) is 7.61. The molecule has 66 valence electrons. The Hall–Kier alpha value is -1.77. The number of rotatable bonds is 1. The minimum Gasteiger partial charge on any atom is -0.449 e. The van der Waals surface area contributed by atoms with Gasteiger partial charge in [0.05, 0.1) is 0 Å². The van der Waals surface area contributed by atoms with E-state index < -0.39 is 6.16 Å². The molecule has 3 nitrogen and oxygen atoms in total. The molecular formula is C10H8O3. The molecule has 1 N–H and O–H groups in total. The van der Waals surface area contributed by atoms with Crippen molar-refractivity contribution in [1.29, 1.82) is 0 Å². The third kappa shape index (κ3) is 1.40. The normalized spacial score (nSPS) is 13.4. The third-order valence-electron chi connectivity index (χ3n) is 1.99. The van der Waals surface area contributed by atoms with E-state index in [1.54, 1.807) is 6.08 Å². The van der Waals surface area contributed by atoms with Gasteiger partial charge >= 0.3 is 6.16 Å². The van der Waals surface area contributed by atoms with Gasteiger partial charge in [-0.1, -0.05) is 24.3 Å². The summed E-state index contributed by atoms with van der Waals surface area (Å²) >= 11 is 0. The molecule has 1 aliphatic carbocycles. The van der Waals surface area contributed by atoms with E-state index in [-0.39, 0.29) is 0 Å². The molecule has 2 rings (SSSR count). The largest absolute Gasteiger partial charge is 0.511 e. The molecule has 0 saturated heterocycles. The molecule has 0 unspecified atom stereocenters. The Morgan fingerprint density at radius 1 is 1.38 bits per heavy atom. The smallest absolute Gasteiger partial charge is 0.449 e. The predicted octanol–water partition coefficient (Wildman–Crippen LogP) is 2.28. The summed E-state index contributed by atoms with van der Waals surface area (Å²) in [5.74, 6) is 0.447. The molecule has 0 aromatic heterocycles. The lowest BCUT2D eigenvalue weighted by Gasteiger charge is -2.02. The van der Waals surface area contributed by atoms with Crippen LogP contribution < -0.4 is 0 Å². The van der Waals surface area contributed by atoms with Crippen molar-refractivity contribution in [2.45, 2.75) is 6.42 Å². The van der Waals surface area contributed by atoms with Gasteiger partial charge in [0.1, 0.15) is 5.76 Å². The van der Waals surface area contributed by atoms with E-state index in [0.717, 1.165) is 17.5 Å². The first-order chi connectivity index (χ1) is 6.27. The summed E-state index contributed by atoms with van der Waals surface area (Å²) in [5, 5.41) is 8.44. The molecule has 0 saturated carbocycles. The molecule has 3 heteroatoms. The lowest BCUT2D eigenvalue weighted by atomic mass is 10.1. The number of hydrogen-bond acceptors (Lipinski definition) is 2. The standard InChI is InChI=1S/C10H8O3/c11-10(12)13-9-6-5-7-3-1-2-4-8(7)9/h1-4,6H,5H2,(H,11,12). The Labute approximate surface area is 75.3 Å². The first-order valence-electron chi connectivity index (χ1n) is 3.96. The van der Waals surface area contributed by atoms with Crippen LogP contribution in [0.25, 0.3) is 5.76 Å². The van der Waals surface area contributed by atoms with E-state index in [2.05, 4.69) is 4.74 Å². The van der Waals surface area contributed by atoms with Crippen molar-refractivity contribution in [3.8, 4) is 0 Å². The maximum atomic E-state index is 10.3. The van der Waals surface area contributed by atoms with Crippen LogP contribution in [0, 0.1) is 0 Å². The van der Waals surface area contributed by atoms with Crippen molar-refractivity contribution >= 4 is 11.9 Å². The van der Waals surface area contributed by atoms with E-state index in [1.165, 1.54) is 0 Å². The summed E-state index contributed by atoms with van der Waals surface area (Å²) in [5.41, 5.74) is 1.99. The summed E-state index contributed by atoms with van der Waals surface area (Å²) in [7, 11) is 0. The second-order valence-corrected chi connectivity index (χ2v) is 2.80. The monoisotopic (exact) mass is 176 g/mol. The number of hydrogen-bond donors (Lipinski definition) is 1. The van der Waals surface area contributed by atoms with Crippen LogP contribution in [0.2, 0.25) is 0 Å². The van der Waals surface area contributed by atoms with Crippen LogP contribution in [0.3, 0.4) is 0 Å². The zero-order chi connectivity index (χ0) is 9.26. The molecule has 0 aliphatic heterocycles. The van der Waals surface area contributed by atoms with Gasteiger partial charge in [0, 0.05) is 5.56 Å². The van der Waals surface area contributed by atoms with Gasteiger partial charge in [-0.3, -0.25) is 0 Å². The topological polar surface area (TPSA) is 46.5 Å². The molecule has 1 aromatic rings. The number of carbonyl (C=O) groups is 1. The second kappa shape index (κ2) is 2.94. The van der Waals surface area contributed by atoms with Gasteiger partial charge in [-0.05, 0) is 18.1 Å². The Balaban J connectivity index is 2.31. The average molecular weight is 176 g/mol. The average Bonchev–Trinajstić information content (AvgIpc) is 2.48. The molecule has 0 amide bonds. The Bertz CT molecular complexity index is 380. The molecule has 0 atom stereocenters. The SMILES string of the molecule is O=C(O)OC1=CCc2ccccc21. The summed E-state index contributed by atoms with van der Waals surface area (Å²) in [6.07, 6.45) is 1.26. The van der Waals surface area contributed by atoms with Crippen molar-refractivity contribution in [2.75, 3.05) is 0 Å². The minimum atomic E-state index is -1.26. The molecular weight excluding hydrogens is 168 g/mol. The van der Waals surface area contributed by atoms with Gasteiger partial charge in [0.15, 0.2) is 0 Å². The van der Waals surface area contributed by atoms with Crippen molar-refractivity contribution in [3.63, 3.8) is 0 Å². The van der Waals surface area contributed by atoms with Crippen LogP contribution in [-0.4, -0.2) is 11.3 Å². The lowest BCUT2D eigenvalue weighted by molar-refractivity contribution is 0.135. The predicted molar refractivity (Wildman–Crippen MR) is 47.2 cm³/mol.